The normalized spacial score (nSPS) is 24.5. The summed E-state index contributed by atoms with van der Waals surface area (Å²) >= 11 is 8.97. The molecule has 1 aromatic heterocycles. The van der Waals surface area contributed by atoms with Crippen LogP contribution in [0.15, 0.2) is 14.3 Å². The quantitative estimate of drug-likeness (QED) is 0.775. The van der Waals surface area contributed by atoms with Crippen molar-refractivity contribution in [1.29, 1.82) is 0 Å². The van der Waals surface area contributed by atoms with E-state index in [-0.39, 0.29) is 0 Å². The minimum atomic E-state index is 0.807. The van der Waals surface area contributed by atoms with E-state index in [2.05, 4.69) is 50.2 Å². The summed E-state index contributed by atoms with van der Waals surface area (Å²) in [6.45, 7) is 4.55. The van der Waals surface area contributed by atoms with Gasteiger partial charge >= 0.3 is 0 Å². The number of halogens is 2. The Kier molecular flexibility index (Phi) is 4.27. The molecule has 1 aromatic rings. The largest absolute Gasteiger partial charge is 0.316 e. The van der Waals surface area contributed by atoms with Crippen molar-refractivity contribution in [2.75, 3.05) is 13.1 Å². The van der Waals surface area contributed by atoms with E-state index >= 15 is 0 Å². The van der Waals surface area contributed by atoms with Gasteiger partial charge in [0.25, 0.3) is 0 Å². The molecule has 1 heterocycles. The monoisotopic (exact) mass is 351 g/mol. The molecular weight excluding hydrogens is 338 g/mol. The first-order valence-corrected chi connectivity index (χ1v) is 7.78. The van der Waals surface area contributed by atoms with Gasteiger partial charge in [-0.25, -0.2) is 0 Å². The van der Waals surface area contributed by atoms with Crippen molar-refractivity contribution in [1.82, 2.24) is 5.32 Å². The lowest BCUT2D eigenvalue weighted by Crippen LogP contribution is -2.17. The average Bonchev–Trinajstić information content (AvgIpc) is 2.89. The first kappa shape index (κ1) is 12.1. The van der Waals surface area contributed by atoms with Gasteiger partial charge in [0, 0.05) is 9.35 Å². The van der Waals surface area contributed by atoms with E-state index < -0.39 is 0 Å². The van der Waals surface area contributed by atoms with Crippen molar-refractivity contribution in [2.45, 2.75) is 25.7 Å². The third-order valence-corrected chi connectivity index (χ3v) is 6.17. The molecule has 1 fully saturated rings. The van der Waals surface area contributed by atoms with E-state index in [1.165, 1.54) is 32.5 Å². The predicted octanol–water partition coefficient (Wildman–Crippen LogP) is 4.38. The topological polar surface area (TPSA) is 12.0 Å². The van der Waals surface area contributed by atoms with E-state index in [0.717, 1.165) is 18.4 Å². The van der Waals surface area contributed by atoms with Gasteiger partial charge in [0.15, 0.2) is 0 Å². The van der Waals surface area contributed by atoms with Crippen LogP contribution in [-0.2, 0) is 0 Å². The maximum atomic E-state index is 3.55. The molecule has 0 saturated heterocycles. The number of thiophene rings is 1. The van der Waals surface area contributed by atoms with Crippen LogP contribution >= 0.6 is 43.2 Å². The predicted molar refractivity (Wildman–Crippen MR) is 73.7 cm³/mol. The van der Waals surface area contributed by atoms with Crippen LogP contribution in [0.5, 0.6) is 0 Å². The molecular formula is C11H15Br2NS. The minimum Gasteiger partial charge on any atom is -0.316 e. The fourth-order valence-corrected chi connectivity index (χ4v) is 4.13. The summed E-state index contributed by atoms with van der Waals surface area (Å²) in [7, 11) is 0. The Morgan fingerprint density at radius 2 is 2.33 bits per heavy atom. The molecule has 1 saturated carbocycles. The number of rotatable bonds is 5. The SMILES string of the molecule is CCCNCC1CC1c1cc(Br)c(Br)s1. The van der Waals surface area contributed by atoms with Gasteiger partial charge in [0.1, 0.15) is 0 Å². The van der Waals surface area contributed by atoms with Crippen LogP contribution in [0.3, 0.4) is 0 Å². The molecule has 0 aromatic carbocycles. The molecule has 0 amide bonds. The fourth-order valence-electron chi connectivity index (χ4n) is 1.83. The minimum absolute atomic E-state index is 0.807. The van der Waals surface area contributed by atoms with Gasteiger partial charge in [-0.2, -0.15) is 0 Å². The van der Waals surface area contributed by atoms with Gasteiger partial charge in [-0.15, -0.1) is 11.3 Å². The Bertz CT molecular complexity index is 318. The van der Waals surface area contributed by atoms with E-state index in [0.29, 0.717) is 0 Å². The highest BCUT2D eigenvalue weighted by Gasteiger charge is 2.38. The summed E-state index contributed by atoms with van der Waals surface area (Å²) in [6.07, 6.45) is 2.59. The summed E-state index contributed by atoms with van der Waals surface area (Å²) in [4.78, 5) is 1.53. The van der Waals surface area contributed by atoms with Crippen LogP contribution in [-0.4, -0.2) is 13.1 Å². The molecule has 84 valence electrons. The Morgan fingerprint density at radius 3 is 2.93 bits per heavy atom. The molecule has 1 N–H and O–H groups in total. The molecule has 4 heteroatoms. The lowest BCUT2D eigenvalue weighted by atomic mass is 10.2. The summed E-state index contributed by atoms with van der Waals surface area (Å²) < 4.78 is 2.43. The molecule has 15 heavy (non-hydrogen) atoms. The summed E-state index contributed by atoms with van der Waals surface area (Å²) in [5, 5.41) is 3.50. The molecule has 1 aliphatic carbocycles. The second-order valence-corrected chi connectivity index (χ2v) is 7.33. The van der Waals surface area contributed by atoms with Gasteiger partial charge in [0.2, 0.25) is 0 Å². The van der Waals surface area contributed by atoms with Crippen LogP contribution in [0, 0.1) is 5.92 Å². The molecule has 2 atom stereocenters. The number of hydrogen-bond acceptors (Lipinski definition) is 2. The zero-order valence-electron chi connectivity index (χ0n) is 8.72. The van der Waals surface area contributed by atoms with Crippen molar-refractivity contribution >= 4 is 43.2 Å². The molecule has 2 unspecified atom stereocenters. The van der Waals surface area contributed by atoms with Crippen molar-refractivity contribution in [2.24, 2.45) is 5.92 Å². The zero-order chi connectivity index (χ0) is 10.8. The molecule has 1 aliphatic rings. The highest BCUT2D eigenvalue weighted by molar-refractivity contribution is 9.13. The van der Waals surface area contributed by atoms with Gasteiger partial charge < -0.3 is 5.32 Å². The van der Waals surface area contributed by atoms with Crippen LogP contribution in [0.2, 0.25) is 0 Å². The first-order chi connectivity index (χ1) is 7.22. The smallest absolute Gasteiger partial charge is 0.0843 e. The third-order valence-electron chi connectivity index (χ3n) is 2.79. The second-order valence-electron chi connectivity index (χ2n) is 4.08. The fraction of sp³-hybridized carbons (Fsp3) is 0.636. The second kappa shape index (κ2) is 5.30. The van der Waals surface area contributed by atoms with Gasteiger partial charge in [-0.1, -0.05) is 6.92 Å². The summed E-state index contributed by atoms with van der Waals surface area (Å²) in [5.41, 5.74) is 0. The maximum Gasteiger partial charge on any atom is 0.0843 e. The lowest BCUT2D eigenvalue weighted by Gasteiger charge is -2.00. The van der Waals surface area contributed by atoms with E-state index in [9.17, 15) is 0 Å². The maximum absolute atomic E-state index is 3.55. The van der Waals surface area contributed by atoms with Crippen molar-refractivity contribution in [3.8, 4) is 0 Å². The van der Waals surface area contributed by atoms with Crippen molar-refractivity contribution in [3.63, 3.8) is 0 Å². The van der Waals surface area contributed by atoms with Crippen molar-refractivity contribution in [3.05, 3.63) is 19.2 Å². The van der Waals surface area contributed by atoms with Gasteiger partial charge in [-0.05, 0) is 75.7 Å². The summed E-state index contributed by atoms with van der Waals surface area (Å²) in [6, 6.07) is 2.26. The van der Waals surface area contributed by atoms with Crippen LogP contribution in [0.25, 0.3) is 0 Å². The van der Waals surface area contributed by atoms with Gasteiger partial charge in [0.05, 0.1) is 3.79 Å². The average molecular weight is 353 g/mol. The van der Waals surface area contributed by atoms with Crippen molar-refractivity contribution < 1.29 is 0 Å². The molecule has 0 aliphatic heterocycles. The Morgan fingerprint density at radius 1 is 1.53 bits per heavy atom. The highest BCUT2D eigenvalue weighted by Crippen LogP contribution is 2.51. The Hall–Kier alpha value is 0.620. The zero-order valence-corrected chi connectivity index (χ0v) is 12.7. The molecule has 0 spiro atoms. The molecule has 1 nitrogen and oxygen atoms in total. The molecule has 0 bridgehead atoms. The van der Waals surface area contributed by atoms with E-state index in [4.69, 9.17) is 0 Å². The van der Waals surface area contributed by atoms with Gasteiger partial charge in [-0.3, -0.25) is 0 Å². The van der Waals surface area contributed by atoms with E-state index in [1.807, 2.05) is 11.3 Å². The Labute approximate surface area is 112 Å². The van der Waals surface area contributed by atoms with E-state index in [1.54, 1.807) is 0 Å². The number of hydrogen-bond donors (Lipinski definition) is 1. The molecule has 0 radical (unpaired) electrons. The standard InChI is InChI=1S/C11H15Br2NS/c1-2-3-14-6-7-4-8(7)10-5-9(12)11(13)15-10/h5,7-8,14H,2-4,6H2,1H3. The number of nitrogens with one attached hydrogen (secondary N) is 1. The van der Waals surface area contributed by atoms with Crippen LogP contribution < -0.4 is 5.32 Å². The van der Waals surface area contributed by atoms with Crippen LogP contribution in [0.1, 0.15) is 30.6 Å². The molecule has 2 rings (SSSR count). The summed E-state index contributed by atoms with van der Waals surface area (Å²) in [5.74, 6) is 1.68. The third kappa shape index (κ3) is 3.05. The highest BCUT2D eigenvalue weighted by atomic mass is 79.9. The van der Waals surface area contributed by atoms with Crippen LogP contribution in [0.4, 0.5) is 0 Å². The lowest BCUT2D eigenvalue weighted by molar-refractivity contribution is 0.621. The Balaban J connectivity index is 1.83. The first-order valence-electron chi connectivity index (χ1n) is 5.37.